The quantitative estimate of drug-likeness (QED) is 0.888. The van der Waals surface area contributed by atoms with Crippen LogP contribution in [0, 0.1) is 5.41 Å². The smallest absolute Gasteiger partial charge is 0.317 e. The van der Waals surface area contributed by atoms with E-state index in [9.17, 15) is 4.79 Å². The van der Waals surface area contributed by atoms with Crippen LogP contribution in [0.3, 0.4) is 0 Å². The van der Waals surface area contributed by atoms with E-state index < -0.39 is 0 Å². The van der Waals surface area contributed by atoms with Gasteiger partial charge < -0.3 is 15.0 Å². The number of pyridine rings is 1. The van der Waals surface area contributed by atoms with Crippen LogP contribution in [-0.4, -0.2) is 66.8 Å². The molecule has 2 amide bonds. The molecule has 6 nitrogen and oxygen atoms in total. The van der Waals surface area contributed by atoms with Crippen LogP contribution in [0.15, 0.2) is 24.4 Å². The number of aromatic nitrogens is 1. The lowest BCUT2D eigenvalue weighted by Gasteiger charge is -2.38. The SMILES string of the molecule is CO[C@H](CNC(=O)N1CCN([C@H](C)c2ccccn2)CC1)C(C)(C)C. The molecule has 0 unspecified atom stereocenters. The Hall–Kier alpha value is -1.66. The Morgan fingerprint density at radius 2 is 1.96 bits per heavy atom. The van der Waals surface area contributed by atoms with Crippen molar-refractivity contribution >= 4 is 6.03 Å². The highest BCUT2D eigenvalue weighted by Crippen LogP contribution is 2.21. The average Bonchev–Trinajstić information content (AvgIpc) is 2.61. The summed E-state index contributed by atoms with van der Waals surface area (Å²) in [6.07, 6.45) is 1.83. The van der Waals surface area contributed by atoms with Gasteiger partial charge in [0.2, 0.25) is 0 Å². The first-order chi connectivity index (χ1) is 11.8. The predicted molar refractivity (Wildman–Crippen MR) is 99.4 cm³/mol. The van der Waals surface area contributed by atoms with Crippen LogP contribution in [0.5, 0.6) is 0 Å². The molecular weight excluding hydrogens is 316 g/mol. The molecule has 25 heavy (non-hydrogen) atoms. The fourth-order valence-electron chi connectivity index (χ4n) is 3.16. The summed E-state index contributed by atoms with van der Waals surface area (Å²) < 4.78 is 5.50. The normalized spacial score (nSPS) is 18.7. The van der Waals surface area contributed by atoms with E-state index in [2.05, 4.69) is 49.0 Å². The topological polar surface area (TPSA) is 57.7 Å². The van der Waals surface area contributed by atoms with Gasteiger partial charge in [-0.15, -0.1) is 0 Å². The molecule has 1 aliphatic heterocycles. The number of hydrogen-bond donors (Lipinski definition) is 1. The Morgan fingerprint density at radius 1 is 1.28 bits per heavy atom. The first-order valence-electron chi connectivity index (χ1n) is 9.03. The summed E-state index contributed by atoms with van der Waals surface area (Å²) in [5.74, 6) is 0. The average molecular weight is 348 g/mol. The Morgan fingerprint density at radius 3 is 2.48 bits per heavy atom. The van der Waals surface area contributed by atoms with Gasteiger partial charge in [-0.1, -0.05) is 26.8 Å². The number of methoxy groups -OCH3 is 1. The molecule has 6 heteroatoms. The molecule has 2 rings (SSSR count). The molecule has 0 bridgehead atoms. The molecule has 1 saturated heterocycles. The summed E-state index contributed by atoms with van der Waals surface area (Å²) in [6.45, 7) is 12.2. The fourth-order valence-corrected chi connectivity index (χ4v) is 3.16. The number of carbonyl (C=O) groups excluding carboxylic acids is 1. The standard InChI is InChI=1S/C19H32N4O2/c1-15(16-8-6-7-9-20-16)22-10-12-23(13-11-22)18(24)21-14-17(25-5)19(2,3)4/h6-9,15,17H,10-14H2,1-5H3,(H,21,24)/t15-,17-/m1/s1. The van der Waals surface area contributed by atoms with Crippen molar-refractivity contribution < 1.29 is 9.53 Å². The Bertz CT molecular complexity index is 536. The molecule has 0 saturated carbocycles. The Balaban J connectivity index is 1.80. The van der Waals surface area contributed by atoms with E-state index in [0.29, 0.717) is 6.54 Å². The number of ether oxygens (including phenoxy) is 1. The molecule has 1 N–H and O–H groups in total. The van der Waals surface area contributed by atoms with Gasteiger partial charge in [-0.2, -0.15) is 0 Å². The highest BCUT2D eigenvalue weighted by Gasteiger charge is 2.28. The highest BCUT2D eigenvalue weighted by molar-refractivity contribution is 5.74. The molecule has 1 fully saturated rings. The molecule has 2 heterocycles. The highest BCUT2D eigenvalue weighted by atomic mass is 16.5. The van der Waals surface area contributed by atoms with Crippen molar-refractivity contribution in [2.24, 2.45) is 5.41 Å². The van der Waals surface area contributed by atoms with Gasteiger partial charge in [-0.25, -0.2) is 4.79 Å². The summed E-state index contributed by atoms with van der Waals surface area (Å²) in [5.41, 5.74) is 1.08. The summed E-state index contributed by atoms with van der Waals surface area (Å²) >= 11 is 0. The van der Waals surface area contributed by atoms with Gasteiger partial charge in [-0.3, -0.25) is 9.88 Å². The molecule has 1 aromatic heterocycles. The zero-order valence-electron chi connectivity index (χ0n) is 16.2. The lowest BCUT2D eigenvalue weighted by Crippen LogP contribution is -2.53. The molecule has 0 radical (unpaired) electrons. The molecule has 140 valence electrons. The molecule has 0 spiro atoms. The van der Waals surface area contributed by atoms with E-state index in [1.807, 2.05) is 23.2 Å². The number of nitrogens with zero attached hydrogens (tertiary/aromatic N) is 3. The van der Waals surface area contributed by atoms with Crippen LogP contribution < -0.4 is 5.32 Å². The first kappa shape index (κ1) is 19.7. The minimum absolute atomic E-state index is 0.00115. The number of nitrogens with one attached hydrogen (secondary N) is 1. The molecule has 0 aliphatic carbocycles. The molecular formula is C19H32N4O2. The van der Waals surface area contributed by atoms with Crippen molar-refractivity contribution in [3.05, 3.63) is 30.1 Å². The fraction of sp³-hybridized carbons (Fsp3) is 0.684. The van der Waals surface area contributed by atoms with E-state index in [0.717, 1.165) is 31.9 Å². The van der Waals surface area contributed by atoms with Crippen molar-refractivity contribution in [3.63, 3.8) is 0 Å². The van der Waals surface area contributed by atoms with E-state index in [4.69, 9.17) is 4.74 Å². The third kappa shape index (κ3) is 5.41. The minimum Gasteiger partial charge on any atom is -0.379 e. The largest absolute Gasteiger partial charge is 0.379 e. The van der Waals surface area contributed by atoms with Gasteiger partial charge in [-0.05, 0) is 24.5 Å². The predicted octanol–water partition coefficient (Wildman–Crippen LogP) is 2.53. The molecule has 0 aromatic carbocycles. The third-order valence-electron chi connectivity index (χ3n) is 4.95. The van der Waals surface area contributed by atoms with Crippen molar-refractivity contribution in [2.75, 3.05) is 39.8 Å². The number of carbonyl (C=O) groups is 1. The number of amides is 2. The van der Waals surface area contributed by atoms with Gasteiger partial charge in [0.05, 0.1) is 11.8 Å². The van der Waals surface area contributed by atoms with Gasteiger partial charge in [0.25, 0.3) is 0 Å². The van der Waals surface area contributed by atoms with E-state index in [1.54, 1.807) is 7.11 Å². The number of hydrogen-bond acceptors (Lipinski definition) is 4. The zero-order chi connectivity index (χ0) is 18.4. The summed E-state index contributed by atoms with van der Waals surface area (Å²) in [6, 6.07) is 6.27. The van der Waals surface area contributed by atoms with Crippen molar-refractivity contribution in [3.8, 4) is 0 Å². The van der Waals surface area contributed by atoms with Crippen molar-refractivity contribution in [1.29, 1.82) is 0 Å². The third-order valence-corrected chi connectivity index (χ3v) is 4.95. The van der Waals surface area contributed by atoms with Gasteiger partial charge in [0, 0.05) is 52.1 Å². The van der Waals surface area contributed by atoms with Gasteiger partial charge in [0.15, 0.2) is 0 Å². The zero-order valence-corrected chi connectivity index (χ0v) is 16.2. The monoisotopic (exact) mass is 348 g/mol. The van der Waals surface area contributed by atoms with Gasteiger partial charge in [0.1, 0.15) is 0 Å². The van der Waals surface area contributed by atoms with E-state index in [-0.39, 0.29) is 23.6 Å². The lowest BCUT2D eigenvalue weighted by atomic mass is 9.89. The second-order valence-corrected chi connectivity index (χ2v) is 7.73. The second-order valence-electron chi connectivity index (χ2n) is 7.73. The van der Waals surface area contributed by atoms with Crippen molar-refractivity contribution in [1.82, 2.24) is 20.1 Å². The maximum Gasteiger partial charge on any atom is 0.317 e. The van der Waals surface area contributed by atoms with Crippen LogP contribution in [0.1, 0.15) is 39.4 Å². The molecule has 1 aliphatic rings. The lowest BCUT2D eigenvalue weighted by molar-refractivity contribution is 0.0179. The van der Waals surface area contributed by atoms with Crippen LogP contribution in [-0.2, 0) is 4.74 Å². The Labute approximate surface area is 151 Å². The maximum atomic E-state index is 12.4. The van der Waals surface area contributed by atoms with E-state index in [1.165, 1.54) is 0 Å². The summed E-state index contributed by atoms with van der Waals surface area (Å²) in [4.78, 5) is 21.1. The maximum absolute atomic E-state index is 12.4. The van der Waals surface area contributed by atoms with Crippen molar-refractivity contribution in [2.45, 2.75) is 39.8 Å². The van der Waals surface area contributed by atoms with Crippen LogP contribution in [0.4, 0.5) is 4.79 Å². The molecule has 2 atom stereocenters. The van der Waals surface area contributed by atoms with Crippen LogP contribution >= 0.6 is 0 Å². The first-order valence-corrected chi connectivity index (χ1v) is 9.03. The van der Waals surface area contributed by atoms with Crippen LogP contribution in [0.25, 0.3) is 0 Å². The second kappa shape index (κ2) is 8.63. The Kier molecular flexibility index (Phi) is 6.79. The number of urea groups is 1. The van der Waals surface area contributed by atoms with Gasteiger partial charge >= 0.3 is 6.03 Å². The van der Waals surface area contributed by atoms with Crippen LogP contribution in [0.2, 0.25) is 0 Å². The summed E-state index contributed by atoms with van der Waals surface area (Å²) in [5, 5.41) is 3.02. The van der Waals surface area contributed by atoms with E-state index >= 15 is 0 Å². The number of piperazine rings is 1. The minimum atomic E-state index is -0.00330. The number of rotatable bonds is 5. The molecule has 1 aromatic rings. The summed E-state index contributed by atoms with van der Waals surface area (Å²) in [7, 11) is 1.69.